The molecular weight excluding hydrogens is 453 g/mol. The summed E-state index contributed by atoms with van der Waals surface area (Å²) in [5, 5.41) is 0. The van der Waals surface area contributed by atoms with Crippen LogP contribution in [0, 0.1) is 0 Å². The molecule has 1 nitrogen and oxygen atoms in total. The van der Waals surface area contributed by atoms with Crippen LogP contribution in [0.4, 0.5) is 0 Å². The van der Waals surface area contributed by atoms with E-state index >= 15 is 0 Å². The molecule has 0 saturated heterocycles. The van der Waals surface area contributed by atoms with Gasteiger partial charge in [0.25, 0.3) is 0 Å². The molecule has 0 N–H and O–H groups in total. The van der Waals surface area contributed by atoms with Crippen molar-refractivity contribution >= 4 is 11.9 Å². The first-order chi connectivity index (χ1) is 7.90. The van der Waals surface area contributed by atoms with E-state index in [2.05, 4.69) is 42.2 Å². The summed E-state index contributed by atoms with van der Waals surface area (Å²) in [6, 6.07) is 10.5. The third kappa shape index (κ3) is 3.81. The maximum atomic E-state index is 6.10. The summed E-state index contributed by atoms with van der Waals surface area (Å²) in [4.78, 5) is 0. The van der Waals surface area contributed by atoms with Gasteiger partial charge < -0.3 is 0 Å². The molecule has 0 amide bonds. The van der Waals surface area contributed by atoms with Gasteiger partial charge in [0, 0.05) is 0 Å². The SMILES string of the molecule is [Br][Hg][C@H]1CCCC[C@@H]1OCc1ccccc1. The first kappa shape index (κ1) is 13.0. The van der Waals surface area contributed by atoms with Crippen LogP contribution in [0.25, 0.3) is 0 Å². The zero-order valence-electron chi connectivity index (χ0n) is 9.57. The number of hydrogen-bond donors (Lipinski definition) is 0. The Morgan fingerprint density at radius 2 is 1.94 bits per heavy atom. The van der Waals surface area contributed by atoms with Gasteiger partial charge in [-0.05, 0) is 0 Å². The molecule has 0 spiro atoms. The Morgan fingerprint density at radius 1 is 1.19 bits per heavy atom. The Hall–Kier alpha value is 0.595. The van der Waals surface area contributed by atoms with Crippen LogP contribution >= 0.6 is 11.9 Å². The van der Waals surface area contributed by atoms with Gasteiger partial charge in [-0.25, -0.2) is 0 Å². The second-order valence-corrected chi connectivity index (χ2v) is 15.5. The zero-order valence-corrected chi connectivity index (χ0v) is 16.7. The number of halogens is 1. The average molecular weight is 470 g/mol. The van der Waals surface area contributed by atoms with Crippen molar-refractivity contribution in [2.75, 3.05) is 0 Å². The second-order valence-electron chi connectivity index (χ2n) is 4.53. The predicted molar refractivity (Wildman–Crippen MR) is 66.2 cm³/mol. The van der Waals surface area contributed by atoms with Crippen molar-refractivity contribution in [2.45, 2.75) is 41.8 Å². The van der Waals surface area contributed by atoms with Gasteiger partial charge >= 0.3 is 117 Å². The third-order valence-electron chi connectivity index (χ3n) is 3.34. The number of hydrogen-bond acceptors (Lipinski definition) is 1. The Morgan fingerprint density at radius 3 is 2.69 bits per heavy atom. The summed E-state index contributed by atoms with van der Waals surface area (Å²) in [7, 11) is 0. The molecule has 0 heterocycles. The van der Waals surface area contributed by atoms with Gasteiger partial charge in [-0.1, -0.05) is 0 Å². The Labute approximate surface area is 116 Å². The van der Waals surface area contributed by atoms with Gasteiger partial charge in [0.05, 0.1) is 0 Å². The summed E-state index contributed by atoms with van der Waals surface area (Å²) >= 11 is 3.03. The van der Waals surface area contributed by atoms with Gasteiger partial charge in [0.15, 0.2) is 0 Å². The molecule has 0 aromatic heterocycles. The normalized spacial score (nSPS) is 25.1. The van der Waals surface area contributed by atoms with E-state index in [1.807, 2.05) is 0 Å². The average Bonchev–Trinajstić information content (AvgIpc) is 2.38. The van der Waals surface area contributed by atoms with Gasteiger partial charge in [-0.2, -0.15) is 0 Å². The zero-order chi connectivity index (χ0) is 11.2. The van der Waals surface area contributed by atoms with E-state index in [4.69, 9.17) is 4.74 Å². The van der Waals surface area contributed by atoms with Crippen LogP contribution in [0.5, 0.6) is 0 Å². The van der Waals surface area contributed by atoms with Crippen molar-refractivity contribution in [2.24, 2.45) is 0 Å². The summed E-state index contributed by atoms with van der Waals surface area (Å²) in [6.45, 7) is 0.794. The van der Waals surface area contributed by atoms with Gasteiger partial charge in [0.2, 0.25) is 0 Å². The van der Waals surface area contributed by atoms with E-state index in [0.717, 1.165) is 10.0 Å². The van der Waals surface area contributed by atoms with Gasteiger partial charge in [-0.15, -0.1) is 0 Å². The molecule has 1 aliphatic carbocycles. The number of rotatable bonds is 4. The van der Waals surface area contributed by atoms with Gasteiger partial charge in [-0.3, -0.25) is 0 Å². The fourth-order valence-corrected chi connectivity index (χ4v) is 12.8. The van der Waals surface area contributed by atoms with E-state index in [9.17, 15) is 0 Å². The monoisotopic (exact) mass is 470 g/mol. The van der Waals surface area contributed by atoms with E-state index in [-0.39, 0.29) is 0 Å². The molecule has 0 radical (unpaired) electrons. The molecule has 1 fully saturated rings. The van der Waals surface area contributed by atoms with Crippen LogP contribution in [0.2, 0.25) is 3.43 Å². The molecular formula is C13H17BrHgO. The van der Waals surface area contributed by atoms with Crippen molar-refractivity contribution < 1.29 is 26.9 Å². The van der Waals surface area contributed by atoms with Crippen LogP contribution in [0.3, 0.4) is 0 Å². The standard InChI is InChI=1S/C13H17O.BrH.Hg/c1-3-7-12(8-4-1)11-14-13-9-5-2-6-10-13;;/h1,3-4,7-9,13H,2,5-6,10-11H2;1H;/q;;+1/p-1/t13-;;/m1../s1. The molecule has 0 bridgehead atoms. The molecule has 1 aromatic carbocycles. The third-order valence-corrected chi connectivity index (χ3v) is 15.8. The van der Waals surface area contributed by atoms with Crippen molar-refractivity contribution in [1.29, 1.82) is 0 Å². The van der Waals surface area contributed by atoms with Crippen molar-refractivity contribution in [3.8, 4) is 0 Å². The Bertz CT molecular complexity index is 304. The van der Waals surface area contributed by atoms with Crippen molar-refractivity contribution in [3.05, 3.63) is 35.9 Å². The van der Waals surface area contributed by atoms with Crippen LogP contribution in [0.15, 0.2) is 30.3 Å². The van der Waals surface area contributed by atoms with Crippen molar-refractivity contribution in [3.63, 3.8) is 0 Å². The Balaban J connectivity index is 1.84. The molecule has 0 unspecified atom stereocenters. The minimum atomic E-state index is -0.793. The summed E-state index contributed by atoms with van der Waals surface area (Å²) in [5.41, 5.74) is 1.30. The van der Waals surface area contributed by atoms with Crippen molar-refractivity contribution in [1.82, 2.24) is 0 Å². The summed E-state index contributed by atoms with van der Waals surface area (Å²) in [6.07, 6.45) is 6.02. The fraction of sp³-hybridized carbons (Fsp3) is 0.538. The molecule has 3 heteroatoms. The first-order valence-corrected chi connectivity index (χ1v) is 21.2. The molecule has 0 aliphatic heterocycles. The second kappa shape index (κ2) is 7.12. The van der Waals surface area contributed by atoms with Crippen LogP contribution in [-0.2, 0) is 33.5 Å². The maximum absolute atomic E-state index is 6.10. The van der Waals surface area contributed by atoms with Crippen LogP contribution in [-0.4, -0.2) is 6.10 Å². The van der Waals surface area contributed by atoms with E-state index in [0.29, 0.717) is 6.10 Å². The number of ether oxygens (including phenoxy) is 1. The molecule has 16 heavy (non-hydrogen) atoms. The quantitative estimate of drug-likeness (QED) is 0.597. The van der Waals surface area contributed by atoms with Crippen LogP contribution < -0.4 is 0 Å². The van der Waals surface area contributed by atoms with E-state index in [1.54, 1.807) is 0 Å². The molecule has 2 rings (SSSR count). The fourth-order valence-electron chi connectivity index (χ4n) is 2.35. The minimum absolute atomic E-state index is 0.551. The summed E-state index contributed by atoms with van der Waals surface area (Å²) in [5.74, 6) is 0. The summed E-state index contributed by atoms with van der Waals surface area (Å²) < 4.78 is 7.03. The van der Waals surface area contributed by atoms with Gasteiger partial charge in [0.1, 0.15) is 0 Å². The topological polar surface area (TPSA) is 9.23 Å². The first-order valence-electron chi connectivity index (χ1n) is 6.11. The molecule has 2 atom stereocenters. The Kier molecular flexibility index (Phi) is 5.80. The molecule has 84 valence electrons. The van der Waals surface area contributed by atoms with E-state index < -0.39 is 22.1 Å². The molecule has 1 aliphatic rings. The molecule has 1 saturated carbocycles. The molecule has 1 aromatic rings. The van der Waals surface area contributed by atoms with E-state index in [1.165, 1.54) is 31.2 Å². The van der Waals surface area contributed by atoms with Crippen LogP contribution in [0.1, 0.15) is 31.2 Å². The number of benzene rings is 1. The predicted octanol–water partition coefficient (Wildman–Crippen LogP) is 4.33.